The predicted octanol–water partition coefficient (Wildman–Crippen LogP) is 1.28. The zero-order valence-electron chi connectivity index (χ0n) is 13.6. The second kappa shape index (κ2) is 7.82. The van der Waals surface area contributed by atoms with Crippen LogP contribution < -0.4 is 14.8 Å². The summed E-state index contributed by atoms with van der Waals surface area (Å²) in [6.45, 7) is 3.65. The van der Waals surface area contributed by atoms with Gasteiger partial charge in [0, 0.05) is 12.6 Å². The zero-order chi connectivity index (χ0) is 16.8. The van der Waals surface area contributed by atoms with Crippen molar-refractivity contribution in [2.75, 3.05) is 39.2 Å². The van der Waals surface area contributed by atoms with Gasteiger partial charge in [-0.25, -0.2) is 0 Å². The van der Waals surface area contributed by atoms with Gasteiger partial charge in [0.25, 0.3) is 0 Å². The fourth-order valence-corrected chi connectivity index (χ4v) is 2.54. The van der Waals surface area contributed by atoms with E-state index in [0.29, 0.717) is 36.9 Å². The molecule has 1 heterocycles. The Labute approximate surface area is 135 Å². The van der Waals surface area contributed by atoms with Crippen molar-refractivity contribution in [3.8, 4) is 11.5 Å². The van der Waals surface area contributed by atoms with Crippen molar-refractivity contribution >= 4 is 17.6 Å². The summed E-state index contributed by atoms with van der Waals surface area (Å²) in [6.07, 6.45) is 0.0348. The van der Waals surface area contributed by atoms with Gasteiger partial charge in [-0.1, -0.05) is 6.92 Å². The molecule has 0 spiro atoms. The van der Waals surface area contributed by atoms with Crippen molar-refractivity contribution in [2.24, 2.45) is 0 Å². The van der Waals surface area contributed by atoms with Crippen LogP contribution >= 0.6 is 0 Å². The van der Waals surface area contributed by atoms with E-state index in [4.69, 9.17) is 14.2 Å². The molecule has 126 valence electrons. The number of ether oxygens (including phenoxy) is 3. The van der Waals surface area contributed by atoms with Crippen LogP contribution in [-0.4, -0.2) is 56.7 Å². The Morgan fingerprint density at radius 3 is 2.83 bits per heavy atom. The summed E-state index contributed by atoms with van der Waals surface area (Å²) in [5, 5.41) is 2.77. The van der Waals surface area contributed by atoms with Gasteiger partial charge in [0.1, 0.15) is 24.1 Å². The smallest absolute Gasteiger partial charge is 0.323 e. The molecule has 1 unspecified atom stereocenters. The maximum atomic E-state index is 12.3. The van der Waals surface area contributed by atoms with Crippen LogP contribution in [0.5, 0.6) is 11.5 Å². The summed E-state index contributed by atoms with van der Waals surface area (Å²) in [6, 6.07) is 4.58. The van der Waals surface area contributed by atoms with Crippen LogP contribution in [0.1, 0.15) is 13.3 Å². The molecule has 0 aliphatic carbocycles. The van der Waals surface area contributed by atoms with E-state index in [0.717, 1.165) is 0 Å². The quantitative estimate of drug-likeness (QED) is 0.795. The maximum absolute atomic E-state index is 12.3. The SMILES string of the molecule is CCN1CCOC(=O)C1CC(=O)Nc1cc(OC)ccc1OC. The molecule has 0 bridgehead atoms. The molecule has 1 atom stereocenters. The molecular weight excluding hydrogens is 300 g/mol. The number of carbonyl (C=O) groups excluding carboxylic acids is 2. The van der Waals surface area contributed by atoms with E-state index in [1.807, 2.05) is 11.8 Å². The molecule has 1 fully saturated rings. The Morgan fingerprint density at radius 1 is 1.39 bits per heavy atom. The summed E-state index contributed by atoms with van der Waals surface area (Å²) < 4.78 is 15.4. The molecular formula is C16H22N2O5. The highest BCUT2D eigenvalue weighted by atomic mass is 16.5. The molecule has 0 radical (unpaired) electrons. The second-order valence-corrected chi connectivity index (χ2v) is 5.13. The molecule has 0 aromatic heterocycles. The summed E-state index contributed by atoms with van der Waals surface area (Å²) in [5.41, 5.74) is 0.504. The van der Waals surface area contributed by atoms with Crippen molar-refractivity contribution in [2.45, 2.75) is 19.4 Å². The highest BCUT2D eigenvalue weighted by Crippen LogP contribution is 2.29. The number of rotatable bonds is 6. The van der Waals surface area contributed by atoms with E-state index >= 15 is 0 Å². The Morgan fingerprint density at radius 2 is 2.17 bits per heavy atom. The fraction of sp³-hybridized carbons (Fsp3) is 0.500. The Balaban J connectivity index is 2.08. The lowest BCUT2D eigenvalue weighted by atomic mass is 10.1. The summed E-state index contributed by atoms with van der Waals surface area (Å²) in [5.74, 6) is 0.496. The monoisotopic (exact) mass is 322 g/mol. The van der Waals surface area contributed by atoms with E-state index < -0.39 is 6.04 Å². The molecule has 1 amide bonds. The number of methoxy groups -OCH3 is 2. The minimum absolute atomic E-state index is 0.0348. The normalized spacial score (nSPS) is 18.2. The average molecular weight is 322 g/mol. The van der Waals surface area contributed by atoms with Crippen molar-refractivity contribution in [3.05, 3.63) is 18.2 Å². The van der Waals surface area contributed by atoms with E-state index in [9.17, 15) is 9.59 Å². The van der Waals surface area contributed by atoms with E-state index in [2.05, 4.69) is 5.32 Å². The third-order valence-corrected chi connectivity index (χ3v) is 3.80. The predicted molar refractivity (Wildman–Crippen MR) is 84.8 cm³/mol. The molecule has 1 aliphatic heterocycles. The number of nitrogens with zero attached hydrogens (tertiary/aromatic N) is 1. The van der Waals surface area contributed by atoms with Crippen LogP contribution in [0.25, 0.3) is 0 Å². The Kier molecular flexibility index (Phi) is 5.81. The topological polar surface area (TPSA) is 77.1 Å². The highest BCUT2D eigenvalue weighted by Gasteiger charge is 2.32. The van der Waals surface area contributed by atoms with Crippen LogP contribution in [0, 0.1) is 0 Å². The van der Waals surface area contributed by atoms with Crippen LogP contribution in [-0.2, 0) is 14.3 Å². The fourth-order valence-electron chi connectivity index (χ4n) is 2.54. The number of morpholine rings is 1. The number of hydrogen-bond acceptors (Lipinski definition) is 6. The molecule has 1 N–H and O–H groups in total. The zero-order valence-corrected chi connectivity index (χ0v) is 13.6. The maximum Gasteiger partial charge on any atom is 0.323 e. The molecule has 1 aliphatic rings. The van der Waals surface area contributed by atoms with Gasteiger partial charge in [0.05, 0.1) is 26.3 Å². The van der Waals surface area contributed by atoms with Crippen molar-refractivity contribution in [1.29, 1.82) is 0 Å². The average Bonchev–Trinajstić information content (AvgIpc) is 2.56. The lowest BCUT2D eigenvalue weighted by Crippen LogP contribution is -2.50. The summed E-state index contributed by atoms with van der Waals surface area (Å²) in [4.78, 5) is 26.1. The number of cyclic esters (lactones) is 1. The molecule has 7 nitrogen and oxygen atoms in total. The van der Waals surface area contributed by atoms with Gasteiger partial charge in [-0.05, 0) is 18.7 Å². The molecule has 1 aromatic carbocycles. The van der Waals surface area contributed by atoms with Gasteiger partial charge < -0.3 is 19.5 Å². The molecule has 1 saturated heterocycles. The largest absolute Gasteiger partial charge is 0.497 e. The van der Waals surface area contributed by atoms with Gasteiger partial charge in [-0.3, -0.25) is 14.5 Å². The number of esters is 1. The van der Waals surface area contributed by atoms with Gasteiger partial charge in [-0.15, -0.1) is 0 Å². The first-order valence-electron chi connectivity index (χ1n) is 7.51. The van der Waals surface area contributed by atoms with Crippen molar-refractivity contribution < 1.29 is 23.8 Å². The molecule has 2 rings (SSSR count). The lowest BCUT2D eigenvalue weighted by molar-refractivity contribution is -0.158. The lowest BCUT2D eigenvalue weighted by Gasteiger charge is -2.32. The minimum atomic E-state index is -0.551. The van der Waals surface area contributed by atoms with E-state index in [1.165, 1.54) is 7.11 Å². The summed E-state index contributed by atoms with van der Waals surface area (Å²) in [7, 11) is 3.07. The second-order valence-electron chi connectivity index (χ2n) is 5.13. The van der Waals surface area contributed by atoms with Gasteiger partial charge in [0.15, 0.2) is 0 Å². The number of benzene rings is 1. The van der Waals surface area contributed by atoms with Crippen molar-refractivity contribution in [3.63, 3.8) is 0 Å². The van der Waals surface area contributed by atoms with E-state index in [1.54, 1.807) is 25.3 Å². The molecule has 23 heavy (non-hydrogen) atoms. The molecule has 7 heteroatoms. The molecule has 0 saturated carbocycles. The third kappa shape index (κ3) is 4.13. The minimum Gasteiger partial charge on any atom is -0.497 e. The number of hydrogen-bond donors (Lipinski definition) is 1. The number of amides is 1. The van der Waals surface area contributed by atoms with Crippen LogP contribution in [0.4, 0.5) is 5.69 Å². The first kappa shape index (κ1) is 17.1. The van der Waals surface area contributed by atoms with Gasteiger partial charge >= 0.3 is 5.97 Å². The van der Waals surface area contributed by atoms with Crippen LogP contribution in [0.15, 0.2) is 18.2 Å². The van der Waals surface area contributed by atoms with Crippen LogP contribution in [0.2, 0.25) is 0 Å². The molecule has 1 aromatic rings. The van der Waals surface area contributed by atoms with Gasteiger partial charge in [0.2, 0.25) is 5.91 Å². The van der Waals surface area contributed by atoms with Crippen LogP contribution in [0.3, 0.4) is 0 Å². The third-order valence-electron chi connectivity index (χ3n) is 3.80. The first-order valence-corrected chi connectivity index (χ1v) is 7.51. The number of nitrogens with one attached hydrogen (secondary N) is 1. The number of carbonyl (C=O) groups is 2. The Bertz CT molecular complexity index is 576. The van der Waals surface area contributed by atoms with Crippen molar-refractivity contribution in [1.82, 2.24) is 4.90 Å². The number of likely N-dealkylation sites (N-methyl/N-ethyl adjacent to an activating group) is 1. The van der Waals surface area contributed by atoms with E-state index in [-0.39, 0.29) is 18.3 Å². The Hall–Kier alpha value is -2.28. The van der Waals surface area contributed by atoms with Gasteiger partial charge in [-0.2, -0.15) is 0 Å². The first-order chi connectivity index (χ1) is 11.1. The highest BCUT2D eigenvalue weighted by molar-refractivity contribution is 5.95. The standard InChI is InChI=1S/C16H22N2O5/c1-4-18-7-8-23-16(20)13(18)10-15(19)17-12-9-11(21-2)5-6-14(12)22-3/h5-6,9,13H,4,7-8,10H2,1-3H3,(H,17,19). The number of anilines is 1. The summed E-state index contributed by atoms with van der Waals surface area (Å²) >= 11 is 0.